The Labute approximate surface area is 106 Å². The number of aryl methyl sites for hydroxylation is 1. The Kier molecular flexibility index (Phi) is 4.67. The second kappa shape index (κ2) is 6.01. The van der Waals surface area contributed by atoms with Crippen molar-refractivity contribution in [2.45, 2.75) is 13.8 Å². The number of rotatable bonds is 3. The monoisotopic (exact) mass is 249 g/mol. The number of hydrogen-bond donors (Lipinski definition) is 1. The van der Waals surface area contributed by atoms with Gasteiger partial charge >= 0.3 is 6.03 Å². The number of halogens is 1. The molecule has 0 aliphatic heterocycles. The van der Waals surface area contributed by atoms with E-state index in [9.17, 15) is 9.18 Å². The molecule has 0 saturated heterocycles. The molecule has 1 rings (SSSR count). The lowest BCUT2D eigenvalue weighted by molar-refractivity contribution is 0.219. The quantitative estimate of drug-likeness (QED) is 0.895. The second-order valence-electron chi connectivity index (χ2n) is 4.30. The molecule has 0 bridgehead atoms. The summed E-state index contributed by atoms with van der Waals surface area (Å²) in [7, 11) is 1.59. The van der Waals surface area contributed by atoms with Crippen molar-refractivity contribution >= 4 is 11.7 Å². The van der Waals surface area contributed by atoms with E-state index in [0.29, 0.717) is 17.8 Å². The van der Waals surface area contributed by atoms with Gasteiger partial charge in [-0.2, -0.15) is 5.26 Å². The lowest BCUT2D eigenvalue weighted by Crippen LogP contribution is -2.34. The standard InChI is InChI=1S/C13H16FN3O/c1-9(7-15)8-17(3)13(18)16-11-5-4-10(2)12(14)6-11/h4-6,9H,8H2,1-3H3,(H,16,18). The van der Waals surface area contributed by atoms with Crippen molar-refractivity contribution in [1.29, 1.82) is 5.26 Å². The molecule has 2 amide bonds. The molecule has 1 aromatic rings. The molecule has 5 heteroatoms. The normalized spacial score (nSPS) is 11.5. The summed E-state index contributed by atoms with van der Waals surface area (Å²) < 4.78 is 13.3. The first-order valence-corrected chi connectivity index (χ1v) is 5.62. The van der Waals surface area contributed by atoms with Gasteiger partial charge in [0.2, 0.25) is 0 Å². The third-order valence-corrected chi connectivity index (χ3v) is 2.54. The smallest absolute Gasteiger partial charge is 0.321 e. The molecule has 1 unspecified atom stereocenters. The molecule has 0 heterocycles. The van der Waals surface area contributed by atoms with Crippen LogP contribution in [0.25, 0.3) is 0 Å². The number of nitrogens with one attached hydrogen (secondary N) is 1. The van der Waals surface area contributed by atoms with Gasteiger partial charge in [-0.15, -0.1) is 0 Å². The van der Waals surface area contributed by atoms with Crippen molar-refractivity contribution in [3.8, 4) is 6.07 Å². The molecule has 0 aliphatic carbocycles. The highest BCUT2D eigenvalue weighted by atomic mass is 19.1. The minimum atomic E-state index is -0.361. The molecular formula is C13H16FN3O. The topological polar surface area (TPSA) is 56.1 Å². The zero-order valence-electron chi connectivity index (χ0n) is 10.7. The molecule has 1 atom stereocenters. The molecule has 0 spiro atoms. The van der Waals surface area contributed by atoms with Gasteiger partial charge in [0.25, 0.3) is 0 Å². The van der Waals surface area contributed by atoms with Gasteiger partial charge < -0.3 is 10.2 Å². The molecule has 0 radical (unpaired) electrons. The van der Waals surface area contributed by atoms with Crippen LogP contribution in [-0.2, 0) is 0 Å². The third-order valence-electron chi connectivity index (χ3n) is 2.54. The van der Waals surface area contributed by atoms with Gasteiger partial charge in [-0.05, 0) is 31.5 Å². The van der Waals surface area contributed by atoms with E-state index >= 15 is 0 Å². The number of nitrogens with zero attached hydrogens (tertiary/aromatic N) is 2. The molecule has 96 valence electrons. The molecular weight excluding hydrogens is 233 g/mol. The average Bonchev–Trinajstić information content (AvgIpc) is 2.33. The largest absolute Gasteiger partial charge is 0.326 e. The minimum Gasteiger partial charge on any atom is -0.326 e. The van der Waals surface area contributed by atoms with E-state index in [-0.39, 0.29) is 17.8 Å². The average molecular weight is 249 g/mol. The number of hydrogen-bond acceptors (Lipinski definition) is 2. The van der Waals surface area contributed by atoms with Crippen LogP contribution in [0.2, 0.25) is 0 Å². The van der Waals surface area contributed by atoms with Crippen molar-refractivity contribution in [3.05, 3.63) is 29.6 Å². The van der Waals surface area contributed by atoms with E-state index in [1.54, 1.807) is 33.0 Å². The second-order valence-corrected chi connectivity index (χ2v) is 4.30. The molecule has 1 N–H and O–H groups in total. The Bertz CT molecular complexity index is 482. The summed E-state index contributed by atoms with van der Waals surface area (Å²) in [4.78, 5) is 13.1. The highest BCUT2D eigenvalue weighted by Crippen LogP contribution is 2.14. The molecule has 0 aliphatic rings. The number of urea groups is 1. The fourth-order valence-corrected chi connectivity index (χ4v) is 1.42. The predicted octanol–water partition coefficient (Wildman–Crippen LogP) is 2.76. The number of anilines is 1. The van der Waals surface area contributed by atoms with Crippen LogP contribution in [0.3, 0.4) is 0 Å². The van der Waals surface area contributed by atoms with Crippen LogP contribution in [0.1, 0.15) is 12.5 Å². The Morgan fingerprint density at radius 2 is 2.28 bits per heavy atom. The van der Waals surface area contributed by atoms with Crippen LogP contribution in [-0.4, -0.2) is 24.5 Å². The third kappa shape index (κ3) is 3.74. The maximum Gasteiger partial charge on any atom is 0.321 e. The van der Waals surface area contributed by atoms with E-state index in [1.165, 1.54) is 11.0 Å². The van der Waals surface area contributed by atoms with E-state index in [1.807, 2.05) is 6.07 Å². The van der Waals surface area contributed by atoms with E-state index in [2.05, 4.69) is 5.32 Å². The fraction of sp³-hybridized carbons (Fsp3) is 0.385. The van der Waals surface area contributed by atoms with Gasteiger partial charge in [0, 0.05) is 19.3 Å². The lowest BCUT2D eigenvalue weighted by Gasteiger charge is -2.19. The summed E-state index contributed by atoms with van der Waals surface area (Å²) in [6, 6.07) is 6.20. The Balaban J connectivity index is 2.64. The lowest BCUT2D eigenvalue weighted by atomic mass is 10.2. The first kappa shape index (κ1) is 14.0. The fourth-order valence-electron chi connectivity index (χ4n) is 1.42. The Morgan fingerprint density at radius 1 is 1.61 bits per heavy atom. The number of carbonyl (C=O) groups is 1. The maximum absolute atomic E-state index is 13.3. The van der Waals surface area contributed by atoms with Crippen LogP contribution in [0.5, 0.6) is 0 Å². The van der Waals surface area contributed by atoms with Gasteiger partial charge in [-0.1, -0.05) is 6.07 Å². The maximum atomic E-state index is 13.3. The van der Waals surface area contributed by atoms with Gasteiger partial charge in [0.1, 0.15) is 5.82 Å². The number of carbonyl (C=O) groups excluding carboxylic acids is 1. The van der Waals surface area contributed by atoms with E-state index < -0.39 is 0 Å². The predicted molar refractivity (Wildman–Crippen MR) is 67.6 cm³/mol. The highest BCUT2D eigenvalue weighted by Gasteiger charge is 2.12. The van der Waals surface area contributed by atoms with Crippen LogP contribution >= 0.6 is 0 Å². The molecule has 4 nitrogen and oxygen atoms in total. The van der Waals surface area contributed by atoms with E-state index in [0.717, 1.165) is 0 Å². The molecule has 1 aromatic carbocycles. The molecule has 0 fully saturated rings. The van der Waals surface area contributed by atoms with Gasteiger partial charge in [0.05, 0.1) is 12.0 Å². The summed E-state index contributed by atoms with van der Waals surface area (Å²) in [5.74, 6) is -0.601. The van der Waals surface area contributed by atoms with Crippen molar-refractivity contribution < 1.29 is 9.18 Å². The summed E-state index contributed by atoms with van der Waals surface area (Å²) >= 11 is 0. The van der Waals surface area contributed by atoms with Crippen LogP contribution in [0.15, 0.2) is 18.2 Å². The van der Waals surface area contributed by atoms with Gasteiger partial charge in [-0.3, -0.25) is 0 Å². The summed E-state index contributed by atoms with van der Waals surface area (Å²) in [5.41, 5.74) is 0.930. The first-order valence-electron chi connectivity index (χ1n) is 5.62. The zero-order valence-corrected chi connectivity index (χ0v) is 10.7. The number of amides is 2. The number of benzene rings is 1. The Morgan fingerprint density at radius 3 is 2.83 bits per heavy atom. The SMILES string of the molecule is Cc1ccc(NC(=O)N(C)CC(C)C#N)cc1F. The molecule has 18 heavy (non-hydrogen) atoms. The van der Waals surface area contributed by atoms with Crippen LogP contribution in [0, 0.1) is 30.0 Å². The van der Waals surface area contributed by atoms with Gasteiger partial charge in [0.15, 0.2) is 0 Å². The first-order chi connectivity index (χ1) is 8.43. The zero-order chi connectivity index (χ0) is 13.7. The minimum absolute atomic E-state index is 0.240. The summed E-state index contributed by atoms with van der Waals surface area (Å²) in [6.07, 6.45) is 0. The van der Waals surface area contributed by atoms with Crippen LogP contribution in [0.4, 0.5) is 14.9 Å². The van der Waals surface area contributed by atoms with Crippen molar-refractivity contribution in [3.63, 3.8) is 0 Å². The summed E-state index contributed by atoms with van der Waals surface area (Å²) in [5, 5.41) is 11.2. The van der Waals surface area contributed by atoms with Crippen molar-refractivity contribution in [1.82, 2.24) is 4.90 Å². The van der Waals surface area contributed by atoms with Crippen molar-refractivity contribution in [2.24, 2.45) is 5.92 Å². The summed E-state index contributed by atoms with van der Waals surface area (Å²) in [6.45, 7) is 3.72. The molecule has 0 saturated carbocycles. The van der Waals surface area contributed by atoms with E-state index in [4.69, 9.17) is 5.26 Å². The molecule has 0 aromatic heterocycles. The number of nitriles is 1. The van der Waals surface area contributed by atoms with Crippen LogP contribution < -0.4 is 5.32 Å². The van der Waals surface area contributed by atoms with Gasteiger partial charge in [-0.25, -0.2) is 9.18 Å². The van der Waals surface area contributed by atoms with Crippen molar-refractivity contribution in [2.75, 3.05) is 18.9 Å². The highest BCUT2D eigenvalue weighted by molar-refractivity contribution is 5.89. The Hall–Kier alpha value is -2.09.